The zero-order valence-corrected chi connectivity index (χ0v) is 17.2. The van der Waals surface area contributed by atoms with E-state index in [4.69, 9.17) is 9.47 Å². The quantitative estimate of drug-likeness (QED) is 0.809. The maximum absolute atomic E-state index is 12.9. The van der Waals surface area contributed by atoms with Crippen molar-refractivity contribution in [2.75, 3.05) is 25.1 Å². The first kappa shape index (κ1) is 19.6. The van der Waals surface area contributed by atoms with E-state index in [-0.39, 0.29) is 23.7 Å². The van der Waals surface area contributed by atoms with Crippen molar-refractivity contribution < 1.29 is 14.3 Å². The zero-order chi connectivity index (χ0) is 20.4. The Balaban J connectivity index is 1.44. The Hall–Kier alpha value is -2.67. The molecule has 2 atom stereocenters. The lowest BCUT2D eigenvalue weighted by Gasteiger charge is -2.36. The number of methoxy groups -OCH3 is 1. The van der Waals surface area contributed by atoms with Gasteiger partial charge < -0.3 is 19.7 Å². The number of amides is 1. The molecule has 1 amide bonds. The van der Waals surface area contributed by atoms with Gasteiger partial charge in [0.2, 0.25) is 5.88 Å². The van der Waals surface area contributed by atoms with Gasteiger partial charge in [-0.1, -0.05) is 6.07 Å². The van der Waals surface area contributed by atoms with Crippen LogP contribution in [0.3, 0.4) is 0 Å². The molecule has 1 saturated carbocycles. The van der Waals surface area contributed by atoms with E-state index < -0.39 is 0 Å². The lowest BCUT2D eigenvalue weighted by Crippen LogP contribution is -2.45. The summed E-state index contributed by atoms with van der Waals surface area (Å²) in [6.45, 7) is 5.75. The molecule has 0 bridgehead atoms. The molecule has 1 aliphatic heterocycles. The number of pyridine rings is 2. The van der Waals surface area contributed by atoms with Gasteiger partial charge in [0.1, 0.15) is 5.69 Å². The average Bonchev–Trinajstić information content (AvgIpc) is 3.46. The largest absolute Gasteiger partial charge is 0.481 e. The second kappa shape index (κ2) is 7.99. The third-order valence-corrected chi connectivity index (χ3v) is 5.50. The lowest BCUT2D eigenvalue weighted by atomic mass is 10.1. The van der Waals surface area contributed by atoms with Gasteiger partial charge in [-0.2, -0.15) is 0 Å². The molecule has 7 nitrogen and oxygen atoms in total. The number of ether oxygens (including phenoxy) is 2. The smallest absolute Gasteiger partial charge is 0.270 e. The summed E-state index contributed by atoms with van der Waals surface area (Å²) >= 11 is 0. The van der Waals surface area contributed by atoms with E-state index in [1.807, 2.05) is 30.3 Å². The van der Waals surface area contributed by atoms with E-state index in [0.29, 0.717) is 18.0 Å². The minimum atomic E-state index is -0.240. The van der Waals surface area contributed by atoms with Crippen LogP contribution in [0.2, 0.25) is 0 Å². The molecule has 1 aliphatic carbocycles. The lowest BCUT2D eigenvalue weighted by molar-refractivity contribution is -0.00522. The van der Waals surface area contributed by atoms with Crippen molar-refractivity contribution in [2.45, 2.75) is 50.9 Å². The molecule has 0 aromatic carbocycles. The molecule has 2 aromatic heterocycles. The van der Waals surface area contributed by atoms with Crippen LogP contribution in [0.15, 0.2) is 36.5 Å². The summed E-state index contributed by atoms with van der Waals surface area (Å²) in [6.07, 6.45) is 4.60. The number of rotatable bonds is 6. The van der Waals surface area contributed by atoms with Crippen LogP contribution in [-0.2, 0) is 11.2 Å². The van der Waals surface area contributed by atoms with Gasteiger partial charge >= 0.3 is 0 Å². The first-order chi connectivity index (χ1) is 14.0. The molecule has 7 heteroatoms. The van der Waals surface area contributed by atoms with E-state index in [1.54, 1.807) is 13.3 Å². The fourth-order valence-electron chi connectivity index (χ4n) is 3.95. The van der Waals surface area contributed by atoms with Gasteiger partial charge in [-0.3, -0.25) is 9.78 Å². The van der Waals surface area contributed by atoms with Gasteiger partial charge in [-0.25, -0.2) is 4.98 Å². The van der Waals surface area contributed by atoms with Gasteiger partial charge in [-0.05, 0) is 44.9 Å². The van der Waals surface area contributed by atoms with E-state index in [1.165, 1.54) is 0 Å². The van der Waals surface area contributed by atoms with Gasteiger partial charge in [0, 0.05) is 48.7 Å². The molecule has 2 fully saturated rings. The van der Waals surface area contributed by atoms with E-state index in [2.05, 4.69) is 34.0 Å². The molecule has 1 N–H and O–H groups in total. The molecule has 0 radical (unpaired) electrons. The van der Waals surface area contributed by atoms with Gasteiger partial charge in [0.25, 0.3) is 5.91 Å². The normalized spacial score (nSPS) is 22.8. The van der Waals surface area contributed by atoms with E-state index in [0.717, 1.165) is 37.3 Å². The first-order valence-electron chi connectivity index (χ1n) is 10.2. The van der Waals surface area contributed by atoms with Gasteiger partial charge in [0.05, 0.1) is 19.3 Å². The summed E-state index contributed by atoms with van der Waals surface area (Å²) in [5.74, 6) is 0.453. The number of hydrogen-bond acceptors (Lipinski definition) is 6. The monoisotopic (exact) mass is 396 g/mol. The van der Waals surface area contributed by atoms with Gasteiger partial charge in [0.15, 0.2) is 0 Å². The topological polar surface area (TPSA) is 76.6 Å². The van der Waals surface area contributed by atoms with Crippen molar-refractivity contribution in [3.05, 3.63) is 47.9 Å². The molecule has 154 valence electrons. The summed E-state index contributed by atoms with van der Waals surface area (Å²) in [5.41, 5.74) is 2.13. The predicted molar refractivity (Wildman–Crippen MR) is 110 cm³/mol. The molecule has 3 heterocycles. The Morgan fingerprint density at radius 3 is 2.72 bits per heavy atom. The molecular formula is C22H28N4O3. The Kier molecular flexibility index (Phi) is 5.41. The minimum Gasteiger partial charge on any atom is -0.481 e. The number of aromatic nitrogens is 2. The minimum absolute atomic E-state index is 0.137. The highest BCUT2D eigenvalue weighted by atomic mass is 16.5. The van der Waals surface area contributed by atoms with Crippen LogP contribution >= 0.6 is 0 Å². The third-order valence-electron chi connectivity index (χ3n) is 5.50. The Morgan fingerprint density at radius 2 is 2.03 bits per heavy atom. The standard InChI is InChI=1S/C22H28N4O3/c1-15-13-26(14-16(2)29-15)18-7-10-23-19(11-18)21(27)25-22(8-9-22)12-17-5-4-6-20(24-17)28-3/h4-7,10-11,15-16H,8-9,12-14H2,1-3H3,(H,25,27)/t15-,16+. The van der Waals surface area contributed by atoms with Crippen LogP contribution in [0, 0.1) is 0 Å². The maximum Gasteiger partial charge on any atom is 0.270 e. The van der Waals surface area contributed by atoms with E-state index >= 15 is 0 Å². The molecule has 2 aliphatic rings. The zero-order valence-electron chi connectivity index (χ0n) is 17.2. The highest BCUT2D eigenvalue weighted by molar-refractivity contribution is 5.94. The number of carbonyl (C=O) groups is 1. The fraction of sp³-hybridized carbons (Fsp3) is 0.500. The van der Waals surface area contributed by atoms with Crippen molar-refractivity contribution in [1.82, 2.24) is 15.3 Å². The predicted octanol–water partition coefficient (Wildman–Crippen LogP) is 2.60. The highest BCUT2D eigenvalue weighted by Gasteiger charge is 2.44. The molecule has 2 aromatic rings. The summed E-state index contributed by atoms with van der Waals surface area (Å²) in [4.78, 5) is 24.0. The number of anilines is 1. The van der Waals surface area contributed by atoms with Crippen LogP contribution < -0.4 is 15.0 Å². The van der Waals surface area contributed by atoms with E-state index in [9.17, 15) is 4.79 Å². The molecule has 0 spiro atoms. The number of nitrogens with one attached hydrogen (secondary N) is 1. The van der Waals surface area contributed by atoms with Crippen LogP contribution in [0.1, 0.15) is 42.9 Å². The number of morpholine rings is 1. The van der Waals surface area contributed by atoms with Crippen molar-refractivity contribution >= 4 is 11.6 Å². The maximum atomic E-state index is 12.9. The summed E-state index contributed by atoms with van der Waals surface area (Å²) in [6, 6.07) is 9.54. The molecule has 29 heavy (non-hydrogen) atoms. The Bertz CT molecular complexity index is 874. The summed E-state index contributed by atoms with van der Waals surface area (Å²) in [7, 11) is 1.61. The second-order valence-corrected chi connectivity index (χ2v) is 8.14. The van der Waals surface area contributed by atoms with Crippen molar-refractivity contribution in [1.29, 1.82) is 0 Å². The number of hydrogen-bond donors (Lipinski definition) is 1. The highest BCUT2D eigenvalue weighted by Crippen LogP contribution is 2.38. The average molecular weight is 396 g/mol. The molecule has 4 rings (SSSR count). The van der Waals surface area contributed by atoms with Crippen molar-refractivity contribution in [3.8, 4) is 5.88 Å². The number of carbonyl (C=O) groups excluding carboxylic acids is 1. The Labute approximate surface area is 171 Å². The fourth-order valence-corrected chi connectivity index (χ4v) is 3.95. The third kappa shape index (κ3) is 4.67. The summed E-state index contributed by atoms with van der Waals surface area (Å²) < 4.78 is 11.0. The van der Waals surface area contributed by atoms with Crippen LogP contribution in [0.4, 0.5) is 5.69 Å². The SMILES string of the molecule is COc1cccc(CC2(NC(=O)c3cc(N4C[C@@H](C)O[C@@H](C)C4)ccn3)CC2)n1. The van der Waals surface area contributed by atoms with Crippen molar-refractivity contribution in [3.63, 3.8) is 0 Å². The Morgan fingerprint density at radius 1 is 1.28 bits per heavy atom. The van der Waals surface area contributed by atoms with Gasteiger partial charge in [-0.15, -0.1) is 0 Å². The second-order valence-electron chi connectivity index (χ2n) is 8.14. The molecular weight excluding hydrogens is 368 g/mol. The first-order valence-corrected chi connectivity index (χ1v) is 10.2. The molecule has 1 saturated heterocycles. The van der Waals surface area contributed by atoms with Crippen LogP contribution in [0.5, 0.6) is 5.88 Å². The summed E-state index contributed by atoms with van der Waals surface area (Å²) in [5, 5.41) is 3.19. The number of nitrogens with zero attached hydrogens (tertiary/aromatic N) is 3. The van der Waals surface area contributed by atoms with Crippen molar-refractivity contribution in [2.24, 2.45) is 0 Å². The van der Waals surface area contributed by atoms with Crippen LogP contribution in [-0.4, -0.2) is 53.8 Å². The molecule has 0 unspecified atom stereocenters. The van der Waals surface area contributed by atoms with Crippen LogP contribution in [0.25, 0.3) is 0 Å².